The van der Waals surface area contributed by atoms with Crippen LogP contribution in [0.15, 0.2) is 42.6 Å². The summed E-state index contributed by atoms with van der Waals surface area (Å²) in [7, 11) is 0. The van der Waals surface area contributed by atoms with Crippen molar-refractivity contribution in [3.05, 3.63) is 53.7 Å². The molecule has 3 rings (SSSR count). The summed E-state index contributed by atoms with van der Waals surface area (Å²) in [6, 6.07) is 6.74. The smallest absolute Gasteiger partial charge is 0.355 e. The summed E-state index contributed by atoms with van der Waals surface area (Å²) >= 11 is 0. The molecule has 1 aliphatic heterocycles. The zero-order chi connectivity index (χ0) is 21.9. The molecule has 2 aromatic rings. The van der Waals surface area contributed by atoms with E-state index in [2.05, 4.69) is 15.8 Å². The molecular formula is C19H18F6N4O. The number of rotatable bonds is 4. The molecule has 2 heterocycles. The Morgan fingerprint density at radius 2 is 1.67 bits per heavy atom. The maximum Gasteiger partial charge on any atom is 0.419 e. The molecular weight excluding hydrogens is 414 g/mol. The maximum atomic E-state index is 13.3. The summed E-state index contributed by atoms with van der Waals surface area (Å²) in [5, 5.41) is 0. The number of amides is 1. The average Bonchev–Trinajstić information content (AvgIpc) is 2.71. The first-order chi connectivity index (χ1) is 14.1. The molecule has 0 radical (unpaired) electrons. The quantitative estimate of drug-likeness (QED) is 0.553. The lowest BCUT2D eigenvalue weighted by Gasteiger charge is -2.34. The molecule has 1 aromatic heterocycles. The van der Waals surface area contributed by atoms with Crippen LogP contribution in [0.5, 0.6) is 0 Å². The topological polar surface area (TPSA) is 57.3 Å². The molecule has 1 amide bonds. The normalized spacial score (nSPS) is 17.5. The maximum absolute atomic E-state index is 13.3. The van der Waals surface area contributed by atoms with Gasteiger partial charge in [-0.3, -0.25) is 15.6 Å². The van der Waals surface area contributed by atoms with Crippen LogP contribution in [-0.4, -0.2) is 24.0 Å². The number of piperidine rings is 1. The number of nitrogens with one attached hydrogen (secondary N) is 2. The predicted molar refractivity (Wildman–Crippen MR) is 97.4 cm³/mol. The highest BCUT2D eigenvalue weighted by molar-refractivity contribution is 5.81. The van der Waals surface area contributed by atoms with Gasteiger partial charge in [0.1, 0.15) is 5.82 Å². The summed E-state index contributed by atoms with van der Waals surface area (Å²) < 4.78 is 78.9. The standard InChI is InChI=1S/C19H18F6N4O/c20-18(21,22)13-6-1-2-8-15(13)27-28-17(30)12-5-4-10-29(11-12)16-14(19(23,24)25)7-3-9-26-16/h1-3,6-9,12,27H,4-5,10-11H2,(H,28,30). The SMILES string of the molecule is O=C(NNc1ccccc1C(F)(F)F)C1CCCN(c2ncccc2C(F)(F)F)C1. The van der Waals surface area contributed by atoms with E-state index in [1.165, 1.54) is 35.4 Å². The van der Waals surface area contributed by atoms with E-state index in [9.17, 15) is 31.1 Å². The molecule has 0 saturated carbocycles. The third-order valence-corrected chi connectivity index (χ3v) is 4.74. The lowest BCUT2D eigenvalue weighted by atomic mass is 9.97. The summed E-state index contributed by atoms with van der Waals surface area (Å²) in [4.78, 5) is 17.7. The number of carbonyl (C=O) groups is 1. The summed E-state index contributed by atoms with van der Waals surface area (Å²) in [5.41, 5.74) is 2.34. The van der Waals surface area contributed by atoms with E-state index in [0.29, 0.717) is 12.8 Å². The first-order valence-electron chi connectivity index (χ1n) is 9.06. The zero-order valence-corrected chi connectivity index (χ0v) is 15.5. The van der Waals surface area contributed by atoms with Gasteiger partial charge in [-0.25, -0.2) is 4.98 Å². The molecule has 1 aromatic carbocycles. The molecule has 0 bridgehead atoms. The largest absolute Gasteiger partial charge is 0.419 e. The van der Waals surface area contributed by atoms with Crippen molar-refractivity contribution in [3.8, 4) is 0 Å². The lowest BCUT2D eigenvalue weighted by Crippen LogP contribution is -2.45. The number of anilines is 2. The molecule has 1 saturated heterocycles. The third kappa shape index (κ3) is 4.95. The van der Waals surface area contributed by atoms with E-state index < -0.39 is 35.3 Å². The number of hydrazine groups is 1. The lowest BCUT2D eigenvalue weighted by molar-refractivity contribution is -0.138. The minimum Gasteiger partial charge on any atom is -0.355 e. The number of hydrogen-bond acceptors (Lipinski definition) is 4. The first-order valence-corrected chi connectivity index (χ1v) is 9.06. The van der Waals surface area contributed by atoms with Crippen LogP contribution in [0.1, 0.15) is 24.0 Å². The second-order valence-corrected chi connectivity index (χ2v) is 6.82. The van der Waals surface area contributed by atoms with E-state index >= 15 is 0 Å². The van der Waals surface area contributed by atoms with Crippen molar-refractivity contribution in [3.63, 3.8) is 0 Å². The van der Waals surface area contributed by atoms with Crippen LogP contribution in [0.3, 0.4) is 0 Å². The number of benzene rings is 1. The Kier molecular flexibility index (Phi) is 6.09. The Labute approximate surface area is 168 Å². The predicted octanol–water partition coefficient (Wildman–Crippen LogP) is 4.48. The van der Waals surface area contributed by atoms with Crippen LogP contribution >= 0.6 is 0 Å². The highest BCUT2D eigenvalue weighted by Crippen LogP contribution is 2.37. The van der Waals surface area contributed by atoms with Gasteiger partial charge in [0, 0.05) is 19.3 Å². The van der Waals surface area contributed by atoms with E-state index in [0.717, 1.165) is 12.1 Å². The van der Waals surface area contributed by atoms with Crippen LogP contribution < -0.4 is 15.8 Å². The van der Waals surface area contributed by atoms with Crippen LogP contribution in [-0.2, 0) is 17.1 Å². The van der Waals surface area contributed by atoms with Gasteiger partial charge >= 0.3 is 12.4 Å². The Bertz CT molecular complexity index is 899. The van der Waals surface area contributed by atoms with Gasteiger partial charge in [-0.2, -0.15) is 26.3 Å². The highest BCUT2D eigenvalue weighted by Gasteiger charge is 2.37. The molecule has 0 spiro atoms. The zero-order valence-electron chi connectivity index (χ0n) is 15.5. The number of alkyl halides is 6. The van der Waals surface area contributed by atoms with Crippen molar-refractivity contribution in [2.75, 3.05) is 23.4 Å². The van der Waals surface area contributed by atoms with Gasteiger partial charge in [0.2, 0.25) is 5.91 Å². The Morgan fingerprint density at radius 1 is 1.00 bits per heavy atom. The number of pyridine rings is 1. The van der Waals surface area contributed by atoms with Gasteiger partial charge in [0.25, 0.3) is 0 Å². The number of halogens is 6. The number of nitrogens with zero attached hydrogens (tertiary/aromatic N) is 2. The van der Waals surface area contributed by atoms with Crippen molar-refractivity contribution >= 4 is 17.4 Å². The highest BCUT2D eigenvalue weighted by atomic mass is 19.4. The van der Waals surface area contributed by atoms with Gasteiger partial charge < -0.3 is 4.90 Å². The molecule has 30 heavy (non-hydrogen) atoms. The summed E-state index contributed by atoms with van der Waals surface area (Å²) in [5.74, 6) is -1.59. The molecule has 1 fully saturated rings. The number of aromatic nitrogens is 1. The monoisotopic (exact) mass is 432 g/mol. The molecule has 2 N–H and O–H groups in total. The minimum absolute atomic E-state index is 0.0332. The van der Waals surface area contributed by atoms with Crippen molar-refractivity contribution in [2.24, 2.45) is 5.92 Å². The molecule has 1 atom stereocenters. The van der Waals surface area contributed by atoms with Crippen LogP contribution in [0.2, 0.25) is 0 Å². The Balaban J connectivity index is 1.70. The second-order valence-electron chi connectivity index (χ2n) is 6.82. The van der Waals surface area contributed by atoms with E-state index in [4.69, 9.17) is 0 Å². The third-order valence-electron chi connectivity index (χ3n) is 4.74. The van der Waals surface area contributed by atoms with Crippen LogP contribution in [0, 0.1) is 5.92 Å². The van der Waals surface area contributed by atoms with E-state index in [1.54, 1.807) is 0 Å². The van der Waals surface area contributed by atoms with Gasteiger partial charge in [-0.15, -0.1) is 0 Å². The van der Waals surface area contributed by atoms with Gasteiger partial charge in [-0.05, 0) is 37.1 Å². The van der Waals surface area contributed by atoms with Crippen molar-refractivity contribution < 1.29 is 31.1 Å². The molecule has 1 unspecified atom stereocenters. The second kappa shape index (κ2) is 8.41. The van der Waals surface area contributed by atoms with Gasteiger partial charge in [0.15, 0.2) is 0 Å². The fourth-order valence-electron chi connectivity index (χ4n) is 3.32. The summed E-state index contributed by atoms with van der Waals surface area (Å²) in [6.07, 6.45) is -7.14. The Hall–Kier alpha value is -2.98. The van der Waals surface area contributed by atoms with Crippen molar-refractivity contribution in [1.29, 1.82) is 0 Å². The fourth-order valence-corrected chi connectivity index (χ4v) is 3.32. The molecule has 11 heteroatoms. The fraction of sp³-hybridized carbons (Fsp3) is 0.368. The molecule has 5 nitrogen and oxygen atoms in total. The first kappa shape index (κ1) is 21.7. The Morgan fingerprint density at radius 3 is 2.37 bits per heavy atom. The number of hydrogen-bond donors (Lipinski definition) is 2. The number of carbonyl (C=O) groups excluding carboxylic acids is 1. The van der Waals surface area contributed by atoms with Crippen molar-refractivity contribution in [1.82, 2.24) is 10.4 Å². The molecule has 1 aliphatic rings. The minimum atomic E-state index is -4.61. The van der Waals surface area contributed by atoms with E-state index in [-0.39, 0.29) is 24.6 Å². The number of para-hydroxylation sites is 1. The van der Waals surface area contributed by atoms with Gasteiger partial charge in [0.05, 0.1) is 22.7 Å². The molecule has 0 aliphatic carbocycles. The van der Waals surface area contributed by atoms with Gasteiger partial charge in [-0.1, -0.05) is 12.1 Å². The van der Waals surface area contributed by atoms with E-state index in [1.807, 2.05) is 0 Å². The van der Waals surface area contributed by atoms with Crippen LogP contribution in [0.25, 0.3) is 0 Å². The van der Waals surface area contributed by atoms with Crippen molar-refractivity contribution in [2.45, 2.75) is 25.2 Å². The molecule has 162 valence electrons. The summed E-state index contributed by atoms with van der Waals surface area (Å²) in [6.45, 7) is 0.253. The average molecular weight is 432 g/mol. The van der Waals surface area contributed by atoms with Crippen LogP contribution in [0.4, 0.5) is 37.8 Å².